The minimum absolute atomic E-state index is 0.0125. The van der Waals surface area contributed by atoms with Crippen LogP contribution in [0.3, 0.4) is 0 Å². The number of fused-ring (bicyclic) bond motifs is 2. The van der Waals surface area contributed by atoms with Gasteiger partial charge < -0.3 is 34.3 Å². The third-order valence-electron chi connectivity index (χ3n) is 14.0. The van der Waals surface area contributed by atoms with Crippen molar-refractivity contribution in [1.29, 1.82) is 0 Å². The van der Waals surface area contributed by atoms with Crippen molar-refractivity contribution in [1.82, 2.24) is 45.4 Å². The zero-order chi connectivity index (χ0) is 50.1. The van der Waals surface area contributed by atoms with Gasteiger partial charge >= 0.3 is 0 Å². The molecule has 3 saturated heterocycles. The Hall–Kier alpha value is -6.67. The molecule has 0 saturated carbocycles. The highest BCUT2D eigenvalue weighted by Crippen LogP contribution is 2.36. The lowest BCUT2D eigenvalue weighted by atomic mass is 10.0. The van der Waals surface area contributed by atoms with E-state index in [1.165, 1.54) is 12.1 Å². The number of carbonyl (C=O) groups is 6. The average Bonchev–Trinajstić information content (AvgIpc) is 4.08. The maximum atomic E-state index is 13.2. The first-order valence-corrected chi connectivity index (χ1v) is 26.1. The Morgan fingerprint density at radius 3 is 2.26 bits per heavy atom. The molecule has 6 amide bonds. The number of ether oxygens (including phenoxy) is 1. The third-order valence-corrected chi connectivity index (χ3v) is 14.6. The number of piperazine rings is 2. The van der Waals surface area contributed by atoms with Crippen molar-refractivity contribution >= 4 is 73.9 Å². The number of carbonyl (C=O) groups excluding carboxylic acids is 6. The SMILES string of the molecule is Cc1cc(CN2CCN(c3c(Br)cnc4nc(-c5ccc(N6CCN(C(=O)CCCCCCCCCCCNC(=O)COc7cccc8c7C(=O)N(C7CCC(=O)NC7=O)C8=O)CC6)cc5)[nH]c34)CC2)no1. The molecular weight excluding hydrogens is 987 g/mol. The highest BCUT2D eigenvalue weighted by molar-refractivity contribution is 9.10. The molecule has 1 atom stereocenters. The van der Waals surface area contributed by atoms with E-state index in [4.69, 9.17) is 14.2 Å². The number of pyridine rings is 1. The molecule has 19 nitrogen and oxygen atoms in total. The van der Waals surface area contributed by atoms with E-state index in [0.717, 1.165) is 153 Å². The van der Waals surface area contributed by atoms with Crippen LogP contribution in [0.1, 0.15) is 109 Å². The van der Waals surface area contributed by atoms with Gasteiger partial charge in [-0.2, -0.15) is 0 Å². The molecule has 3 fully saturated rings. The number of benzene rings is 2. The van der Waals surface area contributed by atoms with E-state index in [9.17, 15) is 28.8 Å². The summed E-state index contributed by atoms with van der Waals surface area (Å²) in [4.78, 5) is 99.0. The number of unbranched alkanes of at least 4 members (excludes halogenated alkanes) is 8. The van der Waals surface area contributed by atoms with E-state index >= 15 is 0 Å². The van der Waals surface area contributed by atoms with Crippen molar-refractivity contribution in [2.45, 2.75) is 96.6 Å². The summed E-state index contributed by atoms with van der Waals surface area (Å²) in [5.74, 6) is -0.845. The average molecular weight is 1050 g/mol. The van der Waals surface area contributed by atoms with Gasteiger partial charge in [0.2, 0.25) is 17.7 Å². The van der Waals surface area contributed by atoms with Crippen molar-refractivity contribution in [2.75, 3.05) is 75.3 Å². The quantitative estimate of drug-likeness (QED) is 0.0555. The minimum atomic E-state index is -1.08. The van der Waals surface area contributed by atoms with Crippen LogP contribution in [0.5, 0.6) is 5.75 Å². The molecule has 0 spiro atoms. The van der Waals surface area contributed by atoms with Crippen LogP contribution in [0.25, 0.3) is 22.6 Å². The van der Waals surface area contributed by atoms with Gasteiger partial charge in [0.15, 0.2) is 12.3 Å². The number of imide groups is 2. The predicted molar refractivity (Wildman–Crippen MR) is 272 cm³/mol. The Labute approximate surface area is 426 Å². The zero-order valence-corrected chi connectivity index (χ0v) is 42.3. The molecule has 2 aromatic carbocycles. The fourth-order valence-electron chi connectivity index (χ4n) is 10.1. The zero-order valence-electron chi connectivity index (χ0n) is 40.8. The molecule has 20 heteroatoms. The molecule has 1 unspecified atom stereocenters. The normalized spacial score (nSPS) is 17.5. The van der Waals surface area contributed by atoms with Gasteiger partial charge in [-0.15, -0.1) is 0 Å². The number of anilines is 2. The monoisotopic (exact) mass is 1050 g/mol. The second-order valence-corrected chi connectivity index (χ2v) is 19.9. The molecule has 4 aliphatic rings. The number of piperidine rings is 1. The Balaban J connectivity index is 0.609. The summed E-state index contributed by atoms with van der Waals surface area (Å²) in [5, 5.41) is 9.19. The highest BCUT2D eigenvalue weighted by atomic mass is 79.9. The number of nitrogens with zero attached hydrogens (tertiary/aromatic N) is 8. The third kappa shape index (κ3) is 11.8. The number of hydrogen-bond donors (Lipinski definition) is 3. The van der Waals surface area contributed by atoms with E-state index < -0.39 is 29.7 Å². The van der Waals surface area contributed by atoms with E-state index in [2.05, 4.69) is 80.7 Å². The lowest BCUT2D eigenvalue weighted by molar-refractivity contribution is -0.136. The van der Waals surface area contributed by atoms with Crippen LogP contribution in [0, 0.1) is 6.92 Å². The van der Waals surface area contributed by atoms with Gasteiger partial charge in [-0.25, -0.2) is 9.97 Å². The van der Waals surface area contributed by atoms with Gasteiger partial charge in [-0.3, -0.25) is 43.9 Å². The van der Waals surface area contributed by atoms with Crippen molar-refractivity contribution in [3.05, 3.63) is 81.8 Å². The number of aromatic nitrogens is 4. The van der Waals surface area contributed by atoms with E-state index in [0.29, 0.717) is 31.7 Å². The fraction of sp³-hybridized carbons (Fsp3) is 0.481. The van der Waals surface area contributed by atoms with Crippen molar-refractivity contribution < 1.29 is 38.0 Å². The lowest BCUT2D eigenvalue weighted by Gasteiger charge is -2.36. The molecule has 0 aliphatic carbocycles. The molecule has 5 aromatic rings. The minimum Gasteiger partial charge on any atom is -0.483 e. The molecule has 0 bridgehead atoms. The number of amides is 6. The smallest absolute Gasteiger partial charge is 0.266 e. The van der Waals surface area contributed by atoms with Crippen LogP contribution in [-0.2, 0) is 25.7 Å². The topological polar surface area (TPSA) is 220 Å². The van der Waals surface area contributed by atoms with Gasteiger partial charge in [-0.1, -0.05) is 56.2 Å². The largest absolute Gasteiger partial charge is 0.483 e. The Bertz CT molecular complexity index is 2780. The summed E-state index contributed by atoms with van der Waals surface area (Å²) >= 11 is 3.77. The Kier molecular flexibility index (Phi) is 16.2. The van der Waals surface area contributed by atoms with Crippen LogP contribution >= 0.6 is 15.9 Å². The maximum Gasteiger partial charge on any atom is 0.266 e. The molecule has 0 radical (unpaired) electrons. The first-order valence-electron chi connectivity index (χ1n) is 25.3. The molecule has 9 rings (SSSR count). The van der Waals surface area contributed by atoms with Gasteiger partial charge in [0.05, 0.1) is 27.0 Å². The summed E-state index contributed by atoms with van der Waals surface area (Å²) in [5.41, 5.74) is 5.88. The van der Waals surface area contributed by atoms with Gasteiger partial charge in [0, 0.05) is 102 Å². The fourth-order valence-corrected chi connectivity index (χ4v) is 10.6. The Morgan fingerprint density at radius 1 is 0.847 bits per heavy atom. The standard InChI is InChI=1S/C52H62BrN11O8/c1-34-30-36(59-72-34)32-60-22-24-63(25-23-60)47-39(53)31-55-49-46(47)57-48(58-49)35-15-17-37(18-16-35)61-26-28-62(29-27-61)44(67)14-9-7-5-3-2-4-6-8-10-21-54-43(66)33-71-41-13-11-12-38-45(41)52(70)64(51(38)69)40-19-20-42(65)56-50(40)68/h11-13,15-18,30-31,40H,2-10,14,19-29,32-33H2,1H3,(H,54,66)(H,55,57,58)(H,56,65,68). The number of nitrogens with one attached hydrogen (secondary N) is 3. The van der Waals surface area contributed by atoms with Crippen LogP contribution in [0.2, 0.25) is 0 Å². The molecule has 380 valence electrons. The van der Waals surface area contributed by atoms with Crippen molar-refractivity contribution in [3.8, 4) is 17.1 Å². The molecule has 3 N–H and O–H groups in total. The van der Waals surface area contributed by atoms with E-state index in [-0.39, 0.29) is 48.1 Å². The molecule has 7 heterocycles. The Morgan fingerprint density at radius 2 is 1.56 bits per heavy atom. The number of aromatic amines is 1. The number of H-pyrrole nitrogens is 1. The molecule has 72 heavy (non-hydrogen) atoms. The maximum absolute atomic E-state index is 13.2. The molecular formula is C52H62BrN11O8. The molecule has 4 aliphatic heterocycles. The second kappa shape index (κ2) is 23.3. The van der Waals surface area contributed by atoms with Crippen LogP contribution in [0.15, 0.2) is 63.7 Å². The van der Waals surface area contributed by atoms with Crippen molar-refractivity contribution in [3.63, 3.8) is 0 Å². The van der Waals surface area contributed by atoms with Gasteiger partial charge in [0.25, 0.3) is 17.7 Å². The first kappa shape index (κ1) is 50.3. The van der Waals surface area contributed by atoms with Crippen molar-refractivity contribution in [2.24, 2.45) is 0 Å². The predicted octanol–water partition coefficient (Wildman–Crippen LogP) is 6.15. The van der Waals surface area contributed by atoms with E-state index in [1.807, 2.05) is 24.1 Å². The second-order valence-electron chi connectivity index (χ2n) is 19.0. The number of halogens is 1. The summed E-state index contributed by atoms with van der Waals surface area (Å²) < 4.78 is 11.9. The van der Waals surface area contributed by atoms with Crippen LogP contribution in [-0.4, -0.2) is 142 Å². The summed E-state index contributed by atoms with van der Waals surface area (Å²) in [6.45, 7) is 9.44. The number of rotatable bonds is 21. The number of hydrogen-bond acceptors (Lipinski definition) is 14. The lowest BCUT2D eigenvalue weighted by Crippen LogP contribution is -2.54. The number of aryl methyl sites for hydroxylation is 1. The van der Waals surface area contributed by atoms with Crippen LogP contribution in [0.4, 0.5) is 11.4 Å². The summed E-state index contributed by atoms with van der Waals surface area (Å²) in [6, 6.07) is 13.9. The van der Waals surface area contributed by atoms with Gasteiger partial charge in [-0.05, 0) is 78.5 Å². The molecule has 3 aromatic heterocycles. The van der Waals surface area contributed by atoms with Crippen LogP contribution < -0.4 is 25.2 Å². The first-order chi connectivity index (χ1) is 35.0. The summed E-state index contributed by atoms with van der Waals surface area (Å²) in [7, 11) is 0. The van der Waals surface area contributed by atoms with E-state index in [1.54, 1.807) is 6.07 Å². The van der Waals surface area contributed by atoms with Gasteiger partial charge in [0.1, 0.15) is 28.9 Å². The highest BCUT2D eigenvalue weighted by Gasteiger charge is 2.46. The summed E-state index contributed by atoms with van der Waals surface area (Å²) in [6.07, 6.45) is 11.8. The number of imidazole rings is 1.